The van der Waals surface area contributed by atoms with Crippen molar-refractivity contribution in [3.05, 3.63) is 59.0 Å². The van der Waals surface area contributed by atoms with E-state index in [1.807, 2.05) is 19.9 Å². The summed E-state index contributed by atoms with van der Waals surface area (Å²) in [5.41, 5.74) is 0.951. The number of benzene rings is 1. The Morgan fingerprint density at radius 2 is 2.08 bits per heavy atom. The van der Waals surface area contributed by atoms with Gasteiger partial charge in [0, 0.05) is 11.6 Å². The minimum atomic E-state index is -0.326. The third kappa shape index (κ3) is 3.24. The van der Waals surface area contributed by atoms with Gasteiger partial charge in [0.05, 0.1) is 24.8 Å². The molecule has 0 saturated carbocycles. The van der Waals surface area contributed by atoms with Gasteiger partial charge in [0.15, 0.2) is 5.56 Å². The summed E-state index contributed by atoms with van der Waals surface area (Å²) in [6.07, 6.45) is 1.87. The van der Waals surface area contributed by atoms with Crippen molar-refractivity contribution in [1.29, 1.82) is 5.26 Å². The number of ether oxygens (including phenoxy) is 1. The predicted molar refractivity (Wildman–Crippen MR) is 97.0 cm³/mol. The molecule has 3 aromatic rings. The molecule has 0 unspecified atom stereocenters. The Morgan fingerprint density at radius 3 is 2.81 bits per heavy atom. The fourth-order valence-corrected chi connectivity index (χ4v) is 2.92. The van der Waals surface area contributed by atoms with Gasteiger partial charge in [-0.15, -0.1) is 0 Å². The summed E-state index contributed by atoms with van der Waals surface area (Å²) in [5, 5.41) is 19.7. The van der Waals surface area contributed by atoms with Gasteiger partial charge in [-0.2, -0.15) is 14.2 Å². The van der Waals surface area contributed by atoms with Gasteiger partial charge in [-0.25, -0.2) is 4.79 Å². The van der Waals surface area contributed by atoms with Gasteiger partial charge >= 0.3 is 5.56 Å². The van der Waals surface area contributed by atoms with Crippen LogP contribution in [0.4, 0.5) is 0 Å². The number of rotatable bonds is 5. The molecule has 2 aromatic heterocycles. The average Bonchev–Trinajstić information content (AvgIpc) is 2.61. The summed E-state index contributed by atoms with van der Waals surface area (Å²) in [5.74, 6) is 0.469. The summed E-state index contributed by atoms with van der Waals surface area (Å²) in [6.45, 7) is 4.13. The first-order chi connectivity index (χ1) is 12.5. The van der Waals surface area contributed by atoms with Crippen LogP contribution in [0.5, 0.6) is 11.6 Å². The molecule has 0 bridgehead atoms. The van der Waals surface area contributed by atoms with Gasteiger partial charge in [0.2, 0.25) is 0 Å². The van der Waals surface area contributed by atoms with Crippen molar-refractivity contribution >= 4 is 5.65 Å². The molecule has 0 amide bonds. The van der Waals surface area contributed by atoms with Crippen LogP contribution in [0.25, 0.3) is 16.8 Å². The van der Waals surface area contributed by atoms with Crippen LogP contribution >= 0.6 is 0 Å². The van der Waals surface area contributed by atoms with Crippen LogP contribution in [0, 0.1) is 11.3 Å². The number of aryl methyl sites for hydroxylation is 1. The van der Waals surface area contributed by atoms with Gasteiger partial charge in [-0.3, -0.25) is 0 Å². The number of fused-ring (bicyclic) bond motifs is 1. The second-order valence-electron chi connectivity index (χ2n) is 6.19. The van der Waals surface area contributed by atoms with E-state index in [2.05, 4.69) is 6.07 Å². The molecule has 26 heavy (non-hydrogen) atoms. The second-order valence-corrected chi connectivity index (χ2v) is 6.19. The van der Waals surface area contributed by atoms with Crippen LogP contribution in [0.2, 0.25) is 0 Å². The molecule has 0 spiro atoms. The zero-order valence-electron chi connectivity index (χ0n) is 14.7. The van der Waals surface area contributed by atoms with Crippen molar-refractivity contribution in [3.8, 4) is 28.8 Å². The van der Waals surface area contributed by atoms with Crippen molar-refractivity contribution in [2.75, 3.05) is 0 Å². The van der Waals surface area contributed by atoms with Crippen molar-refractivity contribution in [1.82, 2.24) is 4.40 Å². The maximum atomic E-state index is 13.0. The molecule has 0 aliphatic carbocycles. The lowest BCUT2D eigenvalue weighted by Gasteiger charge is -2.12. The van der Waals surface area contributed by atoms with E-state index in [9.17, 15) is 9.90 Å². The Bertz CT molecular complexity index is 1050. The van der Waals surface area contributed by atoms with Crippen LogP contribution in [0.1, 0.15) is 20.3 Å². The van der Waals surface area contributed by atoms with Gasteiger partial charge in [0.25, 0.3) is 11.5 Å². The monoisotopic (exact) mass is 350 g/mol. The maximum Gasteiger partial charge on any atom is 0.354 e. The fraction of sp³-hybridized carbons (Fsp3) is 0.250. The molecule has 0 aliphatic rings. The second kappa shape index (κ2) is 7.28. The Hall–Kier alpha value is -3.33. The summed E-state index contributed by atoms with van der Waals surface area (Å²) in [7, 11) is 0. The van der Waals surface area contributed by atoms with Gasteiger partial charge in [-0.05, 0) is 32.0 Å². The minimum absolute atomic E-state index is 0.00267. The number of hydrogen-bond donors (Lipinski definition) is 1. The average molecular weight is 350 g/mol. The lowest BCUT2D eigenvalue weighted by Crippen LogP contribution is -2.40. The molecule has 6 nitrogen and oxygen atoms in total. The summed E-state index contributed by atoms with van der Waals surface area (Å²) >= 11 is 0. The molecule has 0 atom stereocenters. The molecular formula is C20H20N3O3+. The standard InChI is InChI=1S/C20H19N3O3/c1-14(2)26-16-8-5-7-15(13-16)18-19(24)22-11-4-3-9-17(22)23(20(18)25)12-6-10-21/h3-5,7-9,11,13-14H,6,12H2,1-2H3/p+1. The summed E-state index contributed by atoms with van der Waals surface area (Å²) < 4.78 is 8.75. The van der Waals surface area contributed by atoms with Crippen LogP contribution in [-0.2, 0) is 6.54 Å². The van der Waals surface area contributed by atoms with Crippen LogP contribution < -0.4 is 14.9 Å². The molecule has 0 aliphatic heterocycles. The fourth-order valence-electron chi connectivity index (χ4n) is 2.92. The zero-order chi connectivity index (χ0) is 18.7. The SMILES string of the molecule is CC(C)Oc1cccc(-c2c(O)[n+](CCC#N)c3ccccn3c2=O)c1. The number of nitrogens with zero attached hydrogens (tertiary/aromatic N) is 3. The highest BCUT2D eigenvalue weighted by molar-refractivity contribution is 5.68. The summed E-state index contributed by atoms with van der Waals surface area (Å²) in [6, 6.07) is 14.4. The number of nitriles is 1. The van der Waals surface area contributed by atoms with Crippen LogP contribution in [0.15, 0.2) is 53.5 Å². The lowest BCUT2D eigenvalue weighted by atomic mass is 10.1. The van der Waals surface area contributed by atoms with E-state index in [-0.39, 0.29) is 36.1 Å². The van der Waals surface area contributed by atoms with Crippen molar-refractivity contribution in [3.63, 3.8) is 0 Å². The topological polar surface area (TPSA) is 78.6 Å². The zero-order valence-corrected chi connectivity index (χ0v) is 14.7. The molecule has 0 radical (unpaired) electrons. The van der Waals surface area contributed by atoms with E-state index >= 15 is 0 Å². The Morgan fingerprint density at radius 1 is 1.27 bits per heavy atom. The molecule has 3 rings (SSSR count). The van der Waals surface area contributed by atoms with Crippen molar-refractivity contribution in [2.24, 2.45) is 0 Å². The van der Waals surface area contributed by atoms with Crippen molar-refractivity contribution in [2.45, 2.75) is 32.9 Å². The molecule has 132 valence electrons. The lowest BCUT2D eigenvalue weighted by molar-refractivity contribution is -0.679. The van der Waals surface area contributed by atoms with Crippen LogP contribution in [-0.4, -0.2) is 15.6 Å². The first kappa shape index (κ1) is 17.5. The number of aromatic nitrogens is 2. The smallest absolute Gasteiger partial charge is 0.354 e. The van der Waals surface area contributed by atoms with Gasteiger partial charge in [-0.1, -0.05) is 18.2 Å². The highest BCUT2D eigenvalue weighted by atomic mass is 16.5. The van der Waals surface area contributed by atoms with E-state index in [1.165, 1.54) is 4.40 Å². The molecular weight excluding hydrogens is 330 g/mol. The molecule has 1 N–H and O–H groups in total. The molecule has 0 saturated heterocycles. The van der Waals surface area contributed by atoms with Crippen molar-refractivity contribution < 1.29 is 14.4 Å². The number of hydrogen-bond acceptors (Lipinski definition) is 4. The molecule has 0 fully saturated rings. The Balaban J connectivity index is 2.27. The highest BCUT2D eigenvalue weighted by Crippen LogP contribution is 2.27. The van der Waals surface area contributed by atoms with Crippen LogP contribution in [0.3, 0.4) is 0 Å². The third-order valence-corrected chi connectivity index (χ3v) is 3.97. The van der Waals surface area contributed by atoms with Gasteiger partial charge < -0.3 is 9.84 Å². The van der Waals surface area contributed by atoms with E-state index in [4.69, 9.17) is 10.00 Å². The Labute approximate surface area is 151 Å². The maximum absolute atomic E-state index is 13.0. The van der Waals surface area contributed by atoms with Gasteiger partial charge in [0.1, 0.15) is 12.3 Å². The Kier molecular flexibility index (Phi) is 4.90. The third-order valence-electron chi connectivity index (χ3n) is 3.97. The first-order valence-electron chi connectivity index (χ1n) is 8.43. The number of pyridine rings is 1. The van der Waals surface area contributed by atoms with E-state index in [0.29, 0.717) is 17.0 Å². The predicted octanol–water partition coefficient (Wildman–Crippen LogP) is 2.66. The quantitative estimate of drug-likeness (QED) is 0.718. The highest BCUT2D eigenvalue weighted by Gasteiger charge is 2.24. The molecule has 6 heteroatoms. The minimum Gasteiger partial charge on any atom is -0.491 e. The van der Waals surface area contributed by atoms with E-state index in [0.717, 1.165) is 0 Å². The molecule has 2 heterocycles. The number of aromatic hydroxyl groups is 1. The normalized spacial score (nSPS) is 10.8. The first-order valence-corrected chi connectivity index (χ1v) is 8.43. The van der Waals surface area contributed by atoms with E-state index in [1.54, 1.807) is 47.2 Å². The molecule has 1 aromatic carbocycles. The summed E-state index contributed by atoms with van der Waals surface area (Å²) in [4.78, 5) is 13.0. The largest absolute Gasteiger partial charge is 0.491 e. The van der Waals surface area contributed by atoms with E-state index < -0.39 is 0 Å².